The van der Waals surface area contributed by atoms with Gasteiger partial charge in [0, 0.05) is 12.0 Å². The molecule has 2 heterocycles. The third-order valence-corrected chi connectivity index (χ3v) is 3.20. The Morgan fingerprint density at radius 1 is 1.20 bits per heavy atom. The molecule has 0 saturated heterocycles. The Kier molecular flexibility index (Phi) is 3.37. The highest BCUT2D eigenvalue weighted by molar-refractivity contribution is 5.80. The molecule has 4 heteroatoms. The van der Waals surface area contributed by atoms with Crippen LogP contribution in [0.2, 0.25) is 0 Å². The van der Waals surface area contributed by atoms with Crippen LogP contribution in [0.1, 0.15) is 36.2 Å². The van der Waals surface area contributed by atoms with Crippen molar-refractivity contribution in [1.82, 2.24) is 4.98 Å². The summed E-state index contributed by atoms with van der Waals surface area (Å²) in [4.78, 5) is 15.1. The highest BCUT2D eigenvalue weighted by Gasteiger charge is 2.09. The van der Waals surface area contributed by atoms with E-state index in [1.807, 2.05) is 18.2 Å². The van der Waals surface area contributed by atoms with Crippen molar-refractivity contribution in [3.8, 4) is 11.3 Å². The first kappa shape index (κ1) is 12.7. The number of oxazole rings is 1. The maximum atomic E-state index is 10.6. The molecule has 0 radical (unpaired) electrons. The lowest BCUT2D eigenvalue weighted by atomic mass is 10.1. The molecule has 2 aromatic heterocycles. The Morgan fingerprint density at radius 3 is 2.85 bits per heavy atom. The first-order valence-electron chi connectivity index (χ1n) is 6.75. The molecule has 0 fully saturated rings. The zero-order valence-electron chi connectivity index (χ0n) is 11.3. The number of carbonyl (C=O) groups is 1. The van der Waals surface area contributed by atoms with Gasteiger partial charge in [0.25, 0.3) is 0 Å². The molecular weight excluding hydrogens is 254 g/mol. The van der Waals surface area contributed by atoms with Gasteiger partial charge in [0.05, 0.1) is 0 Å². The van der Waals surface area contributed by atoms with Gasteiger partial charge in [-0.05, 0) is 36.8 Å². The molecule has 102 valence electrons. The molecule has 1 aromatic carbocycles. The molecule has 4 nitrogen and oxygen atoms in total. The summed E-state index contributed by atoms with van der Waals surface area (Å²) >= 11 is 0. The van der Waals surface area contributed by atoms with E-state index in [-0.39, 0.29) is 0 Å². The fraction of sp³-hybridized carbons (Fsp3) is 0.250. The Labute approximate surface area is 116 Å². The summed E-state index contributed by atoms with van der Waals surface area (Å²) < 4.78 is 11.2. The minimum Gasteiger partial charge on any atom is -0.453 e. The standard InChI is InChI=1S/C16H15NO3/c1-2-3-4-16-17-13-7-5-11(9-15(13)20-16)14-8-6-12(10-18)19-14/h5-10H,2-4H2,1H3. The van der Waals surface area contributed by atoms with E-state index in [0.717, 1.165) is 41.8 Å². The molecule has 0 spiro atoms. The SMILES string of the molecule is CCCCc1nc2ccc(-c3ccc(C=O)o3)cc2o1. The first-order chi connectivity index (χ1) is 9.80. The van der Waals surface area contributed by atoms with Crippen LogP contribution in [0.3, 0.4) is 0 Å². The second kappa shape index (κ2) is 5.33. The number of rotatable bonds is 5. The molecule has 0 atom stereocenters. The smallest absolute Gasteiger partial charge is 0.195 e. The summed E-state index contributed by atoms with van der Waals surface area (Å²) in [6.45, 7) is 2.14. The van der Waals surface area contributed by atoms with Gasteiger partial charge in [-0.15, -0.1) is 0 Å². The van der Waals surface area contributed by atoms with Gasteiger partial charge in [0.15, 0.2) is 23.5 Å². The Bertz CT molecular complexity index is 739. The number of benzene rings is 1. The number of furan rings is 1. The van der Waals surface area contributed by atoms with Crippen molar-refractivity contribution >= 4 is 17.4 Å². The molecule has 3 rings (SSSR count). The van der Waals surface area contributed by atoms with E-state index in [4.69, 9.17) is 8.83 Å². The molecule has 0 aliphatic heterocycles. The zero-order chi connectivity index (χ0) is 13.9. The lowest BCUT2D eigenvalue weighted by Crippen LogP contribution is -1.82. The van der Waals surface area contributed by atoms with Crippen LogP contribution >= 0.6 is 0 Å². The number of aldehydes is 1. The van der Waals surface area contributed by atoms with Gasteiger partial charge in [-0.25, -0.2) is 4.98 Å². The summed E-state index contributed by atoms with van der Waals surface area (Å²) in [6, 6.07) is 9.15. The number of nitrogens with zero attached hydrogens (tertiary/aromatic N) is 1. The Hall–Kier alpha value is -2.36. The van der Waals surface area contributed by atoms with Crippen LogP contribution < -0.4 is 0 Å². The van der Waals surface area contributed by atoms with Crippen LogP contribution in [0.15, 0.2) is 39.2 Å². The molecule has 0 unspecified atom stereocenters. The highest BCUT2D eigenvalue weighted by atomic mass is 16.4. The number of carbonyl (C=O) groups excluding carboxylic acids is 1. The quantitative estimate of drug-likeness (QED) is 0.650. The number of aromatic nitrogens is 1. The molecular formula is C16H15NO3. The summed E-state index contributed by atoms with van der Waals surface area (Å²) in [5, 5.41) is 0. The minimum atomic E-state index is 0.321. The summed E-state index contributed by atoms with van der Waals surface area (Å²) in [6.07, 6.45) is 3.74. The maximum absolute atomic E-state index is 10.6. The average Bonchev–Trinajstić information content (AvgIpc) is 3.10. The second-order valence-corrected chi connectivity index (χ2v) is 4.71. The van der Waals surface area contributed by atoms with Crippen LogP contribution in [0.4, 0.5) is 0 Å². The first-order valence-corrected chi connectivity index (χ1v) is 6.75. The summed E-state index contributed by atoms with van der Waals surface area (Å²) in [5.41, 5.74) is 2.48. The maximum Gasteiger partial charge on any atom is 0.195 e. The molecule has 3 aromatic rings. The predicted molar refractivity (Wildman–Crippen MR) is 75.7 cm³/mol. The Morgan fingerprint density at radius 2 is 2.10 bits per heavy atom. The predicted octanol–water partition coefficient (Wildman–Crippen LogP) is 4.24. The zero-order valence-corrected chi connectivity index (χ0v) is 11.3. The van der Waals surface area contributed by atoms with E-state index < -0.39 is 0 Å². The average molecular weight is 269 g/mol. The monoisotopic (exact) mass is 269 g/mol. The minimum absolute atomic E-state index is 0.321. The number of fused-ring (bicyclic) bond motifs is 1. The largest absolute Gasteiger partial charge is 0.453 e. The van der Waals surface area contributed by atoms with Crippen LogP contribution in [-0.4, -0.2) is 11.3 Å². The van der Waals surface area contributed by atoms with Gasteiger partial charge >= 0.3 is 0 Å². The fourth-order valence-corrected chi connectivity index (χ4v) is 2.13. The van der Waals surface area contributed by atoms with E-state index in [2.05, 4.69) is 11.9 Å². The van der Waals surface area contributed by atoms with Crippen LogP contribution in [0.5, 0.6) is 0 Å². The molecule has 0 bridgehead atoms. The lowest BCUT2D eigenvalue weighted by molar-refractivity contribution is 0.110. The molecule has 0 saturated carbocycles. The normalized spacial score (nSPS) is 11.1. The van der Waals surface area contributed by atoms with Crippen molar-refractivity contribution in [2.45, 2.75) is 26.2 Å². The highest BCUT2D eigenvalue weighted by Crippen LogP contribution is 2.26. The van der Waals surface area contributed by atoms with Crippen LogP contribution in [-0.2, 0) is 6.42 Å². The number of hydrogen-bond acceptors (Lipinski definition) is 4. The number of aryl methyl sites for hydroxylation is 1. The van der Waals surface area contributed by atoms with Crippen molar-refractivity contribution in [2.24, 2.45) is 0 Å². The summed E-state index contributed by atoms with van der Waals surface area (Å²) in [5.74, 6) is 1.74. The van der Waals surface area contributed by atoms with Gasteiger partial charge in [-0.1, -0.05) is 13.3 Å². The van der Waals surface area contributed by atoms with E-state index in [1.54, 1.807) is 12.1 Å². The third kappa shape index (κ3) is 2.37. The fourth-order valence-electron chi connectivity index (χ4n) is 2.13. The number of unbranched alkanes of at least 4 members (excludes halogenated alkanes) is 1. The second-order valence-electron chi connectivity index (χ2n) is 4.71. The Balaban J connectivity index is 1.95. The van der Waals surface area contributed by atoms with Crippen molar-refractivity contribution in [3.63, 3.8) is 0 Å². The van der Waals surface area contributed by atoms with E-state index in [9.17, 15) is 4.79 Å². The molecule has 20 heavy (non-hydrogen) atoms. The lowest BCUT2D eigenvalue weighted by Gasteiger charge is -1.95. The van der Waals surface area contributed by atoms with Gasteiger partial charge in [-0.3, -0.25) is 4.79 Å². The van der Waals surface area contributed by atoms with Crippen molar-refractivity contribution in [1.29, 1.82) is 0 Å². The van der Waals surface area contributed by atoms with Crippen molar-refractivity contribution in [2.75, 3.05) is 0 Å². The van der Waals surface area contributed by atoms with E-state index in [0.29, 0.717) is 17.8 Å². The topological polar surface area (TPSA) is 56.2 Å². The molecule has 0 aliphatic rings. The van der Waals surface area contributed by atoms with E-state index >= 15 is 0 Å². The molecule has 0 aliphatic carbocycles. The molecule has 0 amide bonds. The van der Waals surface area contributed by atoms with Crippen molar-refractivity contribution < 1.29 is 13.6 Å². The van der Waals surface area contributed by atoms with Gasteiger partial charge in [0.2, 0.25) is 0 Å². The number of hydrogen-bond donors (Lipinski definition) is 0. The van der Waals surface area contributed by atoms with Gasteiger partial charge in [-0.2, -0.15) is 0 Å². The summed E-state index contributed by atoms with van der Waals surface area (Å²) in [7, 11) is 0. The third-order valence-electron chi connectivity index (χ3n) is 3.20. The van der Waals surface area contributed by atoms with Crippen LogP contribution in [0.25, 0.3) is 22.4 Å². The van der Waals surface area contributed by atoms with Gasteiger partial charge < -0.3 is 8.83 Å². The van der Waals surface area contributed by atoms with Crippen LogP contribution in [0, 0.1) is 0 Å². The van der Waals surface area contributed by atoms with E-state index in [1.165, 1.54) is 0 Å². The van der Waals surface area contributed by atoms with Gasteiger partial charge in [0.1, 0.15) is 11.3 Å². The molecule has 0 N–H and O–H groups in total. The van der Waals surface area contributed by atoms with Crippen molar-refractivity contribution in [3.05, 3.63) is 42.0 Å².